The monoisotopic (exact) mass is 276 g/mol. The molecular formula is C11H20N2O4S. The molecule has 0 aromatic carbocycles. The molecule has 0 aromatic heterocycles. The van der Waals surface area contributed by atoms with E-state index >= 15 is 0 Å². The minimum Gasteiger partial charge on any atom is -0.378 e. The predicted octanol–water partition coefficient (Wildman–Crippen LogP) is 0.889. The molecule has 1 aliphatic heterocycles. The van der Waals surface area contributed by atoms with E-state index in [4.69, 9.17) is 4.74 Å². The SMILES string of the molecule is CC(C)OCCS(=O)(=O)N1CCCCC1N=C=O. The van der Waals surface area contributed by atoms with Crippen LogP contribution in [0, 0.1) is 0 Å². The van der Waals surface area contributed by atoms with Crippen molar-refractivity contribution in [1.29, 1.82) is 0 Å². The van der Waals surface area contributed by atoms with Gasteiger partial charge in [-0.3, -0.25) is 0 Å². The standard InChI is InChI=1S/C11H20N2O4S/c1-10(2)17-7-8-18(15,16)13-6-4-3-5-11(13)12-9-14/h10-11H,3-8H2,1-2H3. The molecule has 1 saturated heterocycles. The van der Waals surface area contributed by atoms with Crippen LogP contribution in [0.2, 0.25) is 0 Å². The summed E-state index contributed by atoms with van der Waals surface area (Å²) in [5.41, 5.74) is 0. The second-order valence-corrected chi connectivity index (χ2v) is 6.58. The molecule has 1 fully saturated rings. The summed E-state index contributed by atoms with van der Waals surface area (Å²) < 4.78 is 30.8. The highest BCUT2D eigenvalue weighted by Gasteiger charge is 2.31. The van der Waals surface area contributed by atoms with E-state index in [2.05, 4.69) is 4.99 Å². The van der Waals surface area contributed by atoms with Crippen molar-refractivity contribution in [3.05, 3.63) is 0 Å². The van der Waals surface area contributed by atoms with E-state index in [1.165, 1.54) is 10.4 Å². The van der Waals surface area contributed by atoms with Gasteiger partial charge in [0.25, 0.3) is 0 Å². The number of hydrogen-bond acceptors (Lipinski definition) is 5. The normalized spacial score (nSPS) is 21.8. The minimum absolute atomic E-state index is 0.00495. The molecule has 0 aromatic rings. The zero-order chi connectivity index (χ0) is 13.6. The number of aliphatic imine (C=N–C) groups is 1. The van der Waals surface area contributed by atoms with Crippen LogP contribution in [0.15, 0.2) is 4.99 Å². The van der Waals surface area contributed by atoms with Crippen molar-refractivity contribution in [2.24, 2.45) is 4.99 Å². The van der Waals surface area contributed by atoms with E-state index < -0.39 is 16.2 Å². The van der Waals surface area contributed by atoms with E-state index in [0.29, 0.717) is 13.0 Å². The first kappa shape index (κ1) is 15.3. The lowest BCUT2D eigenvalue weighted by Crippen LogP contribution is -2.44. The first-order valence-corrected chi connectivity index (χ1v) is 7.76. The van der Waals surface area contributed by atoms with Crippen LogP contribution in [0.1, 0.15) is 33.1 Å². The Morgan fingerprint density at radius 3 is 2.78 bits per heavy atom. The van der Waals surface area contributed by atoms with E-state index in [1.54, 1.807) is 0 Å². The first-order valence-electron chi connectivity index (χ1n) is 6.15. The highest BCUT2D eigenvalue weighted by atomic mass is 32.2. The van der Waals surface area contributed by atoms with Crippen LogP contribution in [0.4, 0.5) is 0 Å². The van der Waals surface area contributed by atoms with Crippen molar-refractivity contribution in [1.82, 2.24) is 4.31 Å². The van der Waals surface area contributed by atoms with Gasteiger partial charge in [-0.15, -0.1) is 0 Å². The van der Waals surface area contributed by atoms with Crippen LogP contribution in [0.3, 0.4) is 0 Å². The van der Waals surface area contributed by atoms with Gasteiger partial charge in [0, 0.05) is 6.54 Å². The zero-order valence-corrected chi connectivity index (χ0v) is 11.6. The number of piperidine rings is 1. The van der Waals surface area contributed by atoms with Crippen LogP contribution < -0.4 is 0 Å². The third-order valence-corrected chi connectivity index (χ3v) is 4.60. The van der Waals surface area contributed by atoms with Crippen molar-refractivity contribution in [2.45, 2.75) is 45.4 Å². The van der Waals surface area contributed by atoms with Crippen molar-refractivity contribution in [3.8, 4) is 0 Å². The number of ether oxygens (including phenoxy) is 1. The van der Waals surface area contributed by atoms with Gasteiger partial charge in [-0.1, -0.05) is 0 Å². The summed E-state index contributed by atoms with van der Waals surface area (Å²) in [6.07, 6.45) is 3.14. The van der Waals surface area contributed by atoms with Crippen molar-refractivity contribution in [2.75, 3.05) is 18.9 Å². The van der Waals surface area contributed by atoms with Gasteiger partial charge in [0.2, 0.25) is 16.1 Å². The van der Waals surface area contributed by atoms with Gasteiger partial charge in [0.15, 0.2) is 0 Å². The summed E-state index contributed by atoms with van der Waals surface area (Å²) in [5.74, 6) is -0.0734. The second-order valence-electron chi connectivity index (χ2n) is 4.54. The van der Waals surface area contributed by atoms with Crippen molar-refractivity contribution < 1.29 is 17.9 Å². The number of hydrogen-bond donors (Lipinski definition) is 0. The summed E-state index contributed by atoms with van der Waals surface area (Å²) >= 11 is 0. The molecule has 0 bridgehead atoms. The molecule has 1 unspecified atom stereocenters. The smallest absolute Gasteiger partial charge is 0.236 e. The second kappa shape index (κ2) is 6.99. The van der Waals surface area contributed by atoms with Gasteiger partial charge in [-0.2, -0.15) is 9.30 Å². The Balaban J connectivity index is 2.66. The topological polar surface area (TPSA) is 76.0 Å². The highest BCUT2D eigenvalue weighted by molar-refractivity contribution is 7.89. The fourth-order valence-electron chi connectivity index (χ4n) is 1.91. The number of rotatable bonds is 6. The average Bonchev–Trinajstić information content (AvgIpc) is 2.29. The molecule has 104 valence electrons. The number of carbonyl (C=O) groups excluding carboxylic acids is 1. The lowest BCUT2D eigenvalue weighted by atomic mass is 10.1. The Hall–Kier alpha value is -0.750. The molecule has 0 amide bonds. The third kappa shape index (κ3) is 4.49. The fourth-order valence-corrected chi connectivity index (χ4v) is 3.38. The molecule has 0 radical (unpaired) electrons. The molecule has 1 heterocycles. The van der Waals surface area contributed by atoms with Gasteiger partial charge < -0.3 is 4.74 Å². The first-order chi connectivity index (χ1) is 8.47. The minimum atomic E-state index is -3.41. The molecule has 0 saturated carbocycles. The molecule has 0 aliphatic carbocycles. The van der Waals surface area contributed by atoms with Gasteiger partial charge in [-0.25, -0.2) is 13.2 Å². The molecule has 7 heteroatoms. The van der Waals surface area contributed by atoms with E-state index in [-0.39, 0.29) is 18.5 Å². The Labute approximate surface area is 108 Å². The fraction of sp³-hybridized carbons (Fsp3) is 0.909. The van der Waals surface area contributed by atoms with Crippen LogP contribution >= 0.6 is 0 Å². The van der Waals surface area contributed by atoms with Gasteiger partial charge in [0.1, 0.15) is 6.17 Å². The lowest BCUT2D eigenvalue weighted by molar-refractivity contribution is 0.0903. The molecule has 1 aliphatic rings. The largest absolute Gasteiger partial charge is 0.378 e. The van der Waals surface area contributed by atoms with Gasteiger partial charge in [0.05, 0.1) is 18.5 Å². The Morgan fingerprint density at radius 1 is 1.44 bits per heavy atom. The quantitative estimate of drug-likeness (QED) is 0.533. The molecule has 18 heavy (non-hydrogen) atoms. The molecule has 0 N–H and O–H groups in total. The Kier molecular flexibility index (Phi) is 5.95. The third-order valence-electron chi connectivity index (χ3n) is 2.77. The summed E-state index contributed by atoms with van der Waals surface area (Å²) in [6.45, 7) is 4.29. The van der Waals surface area contributed by atoms with E-state index in [9.17, 15) is 13.2 Å². The van der Waals surface area contributed by atoms with Crippen LogP contribution in [-0.2, 0) is 19.6 Å². The summed E-state index contributed by atoms with van der Waals surface area (Å²) in [4.78, 5) is 13.9. The van der Waals surface area contributed by atoms with Crippen LogP contribution in [-0.4, -0.2) is 50.0 Å². The maximum Gasteiger partial charge on any atom is 0.236 e. The van der Waals surface area contributed by atoms with Crippen LogP contribution in [0.5, 0.6) is 0 Å². The molecule has 0 spiro atoms. The molecular weight excluding hydrogens is 256 g/mol. The highest BCUT2D eigenvalue weighted by Crippen LogP contribution is 2.21. The molecule has 6 nitrogen and oxygen atoms in total. The molecule has 1 atom stereocenters. The summed E-state index contributed by atoms with van der Waals surface area (Å²) in [5, 5.41) is 0. The van der Waals surface area contributed by atoms with E-state index in [0.717, 1.165) is 12.8 Å². The number of sulfonamides is 1. The zero-order valence-electron chi connectivity index (χ0n) is 10.8. The maximum atomic E-state index is 12.1. The predicted molar refractivity (Wildman–Crippen MR) is 67.3 cm³/mol. The summed E-state index contributed by atoms with van der Waals surface area (Å²) in [7, 11) is -3.41. The van der Waals surface area contributed by atoms with Gasteiger partial charge >= 0.3 is 0 Å². The summed E-state index contributed by atoms with van der Waals surface area (Å²) in [6, 6.07) is 0. The van der Waals surface area contributed by atoms with Crippen molar-refractivity contribution in [3.63, 3.8) is 0 Å². The maximum absolute atomic E-state index is 12.1. The van der Waals surface area contributed by atoms with Gasteiger partial charge in [-0.05, 0) is 33.1 Å². The molecule has 1 rings (SSSR count). The lowest BCUT2D eigenvalue weighted by Gasteiger charge is -2.31. The van der Waals surface area contributed by atoms with E-state index in [1.807, 2.05) is 13.8 Å². The van der Waals surface area contributed by atoms with Crippen molar-refractivity contribution >= 4 is 16.1 Å². The number of nitrogens with zero attached hydrogens (tertiary/aromatic N) is 2. The van der Waals surface area contributed by atoms with Crippen LogP contribution in [0.25, 0.3) is 0 Å². The number of isocyanates is 1. The Bertz CT molecular complexity index is 401. The Morgan fingerprint density at radius 2 is 2.17 bits per heavy atom. The average molecular weight is 276 g/mol.